The van der Waals surface area contributed by atoms with Crippen LogP contribution < -0.4 is 10.7 Å². The number of halogens is 2. The number of hydrogen-bond donors (Lipinski definition) is 2. The highest BCUT2D eigenvalue weighted by atomic mass is 35.5. The Kier molecular flexibility index (Phi) is 5.60. The zero-order chi connectivity index (χ0) is 15.1. The van der Waals surface area contributed by atoms with E-state index in [1.807, 2.05) is 30.3 Å². The van der Waals surface area contributed by atoms with Gasteiger partial charge in [0.25, 0.3) is 5.91 Å². The first-order valence-electron chi connectivity index (χ1n) is 6.21. The topological polar surface area (TPSA) is 53.5 Å². The molecule has 108 valence electrons. The Morgan fingerprint density at radius 2 is 1.86 bits per heavy atom. The standard InChI is InChI=1S/C15H13Cl2N3O/c16-13-8-4-5-11(15(13)17)9-19-20-14(21)10-18-12-6-2-1-3-7-12/h1-9,18H,10H2,(H,20,21)/b19-9+. The third-order valence-electron chi connectivity index (χ3n) is 2.60. The van der Waals surface area contributed by atoms with Crippen LogP contribution in [0.5, 0.6) is 0 Å². The van der Waals surface area contributed by atoms with E-state index in [1.54, 1.807) is 18.2 Å². The van der Waals surface area contributed by atoms with E-state index in [2.05, 4.69) is 15.8 Å². The Hall–Kier alpha value is -2.04. The molecule has 0 saturated heterocycles. The molecule has 0 fully saturated rings. The summed E-state index contributed by atoms with van der Waals surface area (Å²) in [4.78, 5) is 11.6. The minimum atomic E-state index is -0.256. The molecule has 0 spiro atoms. The van der Waals surface area contributed by atoms with Crippen LogP contribution in [-0.2, 0) is 4.79 Å². The van der Waals surface area contributed by atoms with E-state index < -0.39 is 0 Å². The van der Waals surface area contributed by atoms with E-state index >= 15 is 0 Å². The zero-order valence-electron chi connectivity index (χ0n) is 11.0. The summed E-state index contributed by atoms with van der Waals surface area (Å²) >= 11 is 11.9. The lowest BCUT2D eigenvalue weighted by Gasteiger charge is -2.04. The number of hydrazone groups is 1. The van der Waals surface area contributed by atoms with Crippen molar-refractivity contribution in [3.8, 4) is 0 Å². The van der Waals surface area contributed by atoms with E-state index in [4.69, 9.17) is 23.2 Å². The minimum Gasteiger partial charge on any atom is -0.376 e. The number of carbonyl (C=O) groups excluding carboxylic acids is 1. The van der Waals surface area contributed by atoms with Crippen LogP contribution in [0.2, 0.25) is 10.0 Å². The third-order valence-corrected chi connectivity index (χ3v) is 3.43. The van der Waals surface area contributed by atoms with Gasteiger partial charge in [0.2, 0.25) is 0 Å². The summed E-state index contributed by atoms with van der Waals surface area (Å²) in [6.45, 7) is 0.130. The van der Waals surface area contributed by atoms with Crippen molar-refractivity contribution < 1.29 is 4.79 Å². The predicted molar refractivity (Wildman–Crippen MR) is 87.1 cm³/mol. The summed E-state index contributed by atoms with van der Waals surface area (Å²) in [6, 6.07) is 14.6. The van der Waals surface area contributed by atoms with Crippen LogP contribution in [0.25, 0.3) is 0 Å². The summed E-state index contributed by atoms with van der Waals surface area (Å²) < 4.78 is 0. The van der Waals surface area contributed by atoms with Crippen molar-refractivity contribution in [2.45, 2.75) is 0 Å². The second kappa shape index (κ2) is 7.67. The van der Waals surface area contributed by atoms with Crippen LogP contribution in [0.1, 0.15) is 5.56 Å². The number of nitrogens with one attached hydrogen (secondary N) is 2. The zero-order valence-corrected chi connectivity index (χ0v) is 12.5. The summed E-state index contributed by atoms with van der Waals surface area (Å²) in [5.41, 5.74) is 3.92. The van der Waals surface area contributed by atoms with Crippen molar-refractivity contribution in [3.05, 3.63) is 64.1 Å². The molecular formula is C15H13Cl2N3O. The highest BCUT2D eigenvalue weighted by molar-refractivity contribution is 6.43. The molecule has 2 N–H and O–H groups in total. The van der Waals surface area contributed by atoms with Crippen LogP contribution in [-0.4, -0.2) is 18.7 Å². The van der Waals surface area contributed by atoms with E-state index in [-0.39, 0.29) is 12.5 Å². The summed E-state index contributed by atoms with van der Waals surface area (Å²) in [6.07, 6.45) is 1.45. The van der Waals surface area contributed by atoms with Crippen molar-refractivity contribution >= 4 is 41.0 Å². The third kappa shape index (κ3) is 4.77. The van der Waals surface area contributed by atoms with Crippen molar-refractivity contribution in [2.24, 2.45) is 5.10 Å². The van der Waals surface area contributed by atoms with Gasteiger partial charge in [0.1, 0.15) is 0 Å². The Morgan fingerprint density at radius 1 is 1.10 bits per heavy atom. The van der Waals surface area contributed by atoms with Crippen LogP contribution >= 0.6 is 23.2 Å². The smallest absolute Gasteiger partial charge is 0.259 e. The maximum atomic E-state index is 11.6. The van der Waals surface area contributed by atoms with Gasteiger partial charge < -0.3 is 5.32 Å². The van der Waals surface area contributed by atoms with Gasteiger partial charge in [-0.1, -0.05) is 53.5 Å². The summed E-state index contributed by atoms with van der Waals surface area (Å²) in [5.74, 6) is -0.256. The van der Waals surface area contributed by atoms with Crippen molar-refractivity contribution in [1.82, 2.24) is 5.43 Å². The molecule has 21 heavy (non-hydrogen) atoms. The van der Waals surface area contributed by atoms with E-state index in [1.165, 1.54) is 6.21 Å². The van der Waals surface area contributed by atoms with Gasteiger partial charge in [-0.05, 0) is 18.2 Å². The fraction of sp³-hybridized carbons (Fsp3) is 0.0667. The van der Waals surface area contributed by atoms with Gasteiger partial charge in [-0.2, -0.15) is 5.10 Å². The largest absolute Gasteiger partial charge is 0.376 e. The molecule has 0 atom stereocenters. The maximum Gasteiger partial charge on any atom is 0.259 e. The lowest BCUT2D eigenvalue weighted by molar-refractivity contribution is -0.119. The second-order valence-corrected chi connectivity index (χ2v) is 4.94. The Labute approximate surface area is 132 Å². The molecular weight excluding hydrogens is 309 g/mol. The Morgan fingerprint density at radius 3 is 2.62 bits per heavy atom. The van der Waals surface area contributed by atoms with E-state index in [9.17, 15) is 4.79 Å². The molecule has 2 rings (SSSR count). The van der Waals surface area contributed by atoms with Gasteiger partial charge in [-0.3, -0.25) is 4.79 Å². The second-order valence-electron chi connectivity index (χ2n) is 4.16. The molecule has 0 aliphatic carbocycles. The number of rotatable bonds is 5. The lowest BCUT2D eigenvalue weighted by Crippen LogP contribution is -2.25. The number of amides is 1. The average molecular weight is 322 g/mol. The number of carbonyl (C=O) groups is 1. The molecule has 0 unspecified atom stereocenters. The first-order valence-corrected chi connectivity index (χ1v) is 6.97. The first-order chi connectivity index (χ1) is 10.2. The number of anilines is 1. The van der Waals surface area contributed by atoms with E-state index in [0.29, 0.717) is 15.6 Å². The molecule has 0 heterocycles. The van der Waals surface area contributed by atoms with Crippen LogP contribution in [0.4, 0.5) is 5.69 Å². The fourth-order valence-electron chi connectivity index (χ4n) is 1.57. The van der Waals surface area contributed by atoms with Crippen molar-refractivity contribution in [3.63, 3.8) is 0 Å². The lowest BCUT2D eigenvalue weighted by atomic mass is 10.2. The molecule has 1 amide bonds. The first kappa shape index (κ1) is 15.4. The predicted octanol–water partition coefficient (Wildman–Crippen LogP) is 3.56. The molecule has 0 aromatic heterocycles. The molecule has 0 aliphatic rings. The van der Waals surface area contributed by atoms with Gasteiger partial charge >= 0.3 is 0 Å². The van der Waals surface area contributed by atoms with Gasteiger partial charge in [0.15, 0.2) is 0 Å². The molecule has 2 aromatic rings. The van der Waals surface area contributed by atoms with E-state index in [0.717, 1.165) is 5.69 Å². The van der Waals surface area contributed by atoms with Crippen LogP contribution in [0, 0.1) is 0 Å². The molecule has 2 aromatic carbocycles. The number of hydrogen-bond acceptors (Lipinski definition) is 3. The molecule has 0 aliphatic heterocycles. The summed E-state index contributed by atoms with van der Waals surface area (Å²) in [7, 11) is 0. The summed E-state index contributed by atoms with van der Waals surface area (Å²) in [5, 5.41) is 7.67. The highest BCUT2D eigenvalue weighted by Crippen LogP contribution is 2.23. The number of para-hydroxylation sites is 1. The number of nitrogens with zero attached hydrogens (tertiary/aromatic N) is 1. The maximum absolute atomic E-state index is 11.6. The quantitative estimate of drug-likeness (QED) is 0.653. The van der Waals surface area contributed by atoms with Gasteiger partial charge in [-0.25, -0.2) is 5.43 Å². The molecule has 0 radical (unpaired) electrons. The molecule has 4 nitrogen and oxygen atoms in total. The van der Waals surface area contributed by atoms with Crippen LogP contribution in [0.15, 0.2) is 53.6 Å². The van der Waals surface area contributed by atoms with Gasteiger partial charge in [0, 0.05) is 11.3 Å². The molecule has 6 heteroatoms. The molecule has 0 saturated carbocycles. The Bertz CT molecular complexity index is 645. The van der Waals surface area contributed by atoms with Gasteiger partial charge in [-0.15, -0.1) is 0 Å². The number of benzene rings is 2. The fourth-order valence-corrected chi connectivity index (χ4v) is 1.93. The average Bonchev–Trinajstić information content (AvgIpc) is 2.50. The van der Waals surface area contributed by atoms with Crippen molar-refractivity contribution in [1.29, 1.82) is 0 Å². The molecule has 0 bridgehead atoms. The van der Waals surface area contributed by atoms with Crippen LogP contribution in [0.3, 0.4) is 0 Å². The normalized spacial score (nSPS) is 10.6. The SMILES string of the molecule is O=C(CNc1ccccc1)N/N=C/c1cccc(Cl)c1Cl. The van der Waals surface area contributed by atoms with Crippen molar-refractivity contribution in [2.75, 3.05) is 11.9 Å². The Balaban J connectivity index is 1.83. The highest BCUT2D eigenvalue weighted by Gasteiger charge is 2.02. The minimum absolute atomic E-state index is 0.130. The van der Waals surface area contributed by atoms with Gasteiger partial charge in [0.05, 0.1) is 22.8 Å². The monoisotopic (exact) mass is 321 g/mol.